The Morgan fingerprint density at radius 3 is 2.57 bits per heavy atom. The lowest BCUT2D eigenvalue weighted by Crippen LogP contribution is -2.02. The Morgan fingerprint density at radius 2 is 2.07 bits per heavy atom. The molecule has 2 heteroatoms. The van der Waals surface area contributed by atoms with Crippen LogP contribution in [-0.2, 0) is 19.4 Å². The van der Waals surface area contributed by atoms with E-state index in [1.165, 1.54) is 23.2 Å². The van der Waals surface area contributed by atoms with Crippen LogP contribution in [0, 0.1) is 6.92 Å². The Bertz CT molecular complexity index is 289. The van der Waals surface area contributed by atoms with Gasteiger partial charge in [-0.05, 0) is 30.9 Å². The molecule has 1 N–H and O–H groups in total. The molecule has 0 aliphatic heterocycles. The van der Waals surface area contributed by atoms with Crippen molar-refractivity contribution in [1.82, 2.24) is 4.57 Å². The van der Waals surface area contributed by atoms with Gasteiger partial charge in [0.1, 0.15) is 0 Å². The Kier molecular flexibility index (Phi) is 4.21. The van der Waals surface area contributed by atoms with Crippen molar-refractivity contribution >= 4 is 0 Å². The molecule has 0 radical (unpaired) electrons. The zero-order chi connectivity index (χ0) is 10.6. The van der Waals surface area contributed by atoms with Crippen LogP contribution < -0.4 is 0 Å². The minimum Gasteiger partial charge on any atom is -0.395 e. The van der Waals surface area contributed by atoms with Gasteiger partial charge in [0.2, 0.25) is 0 Å². The summed E-state index contributed by atoms with van der Waals surface area (Å²) in [4.78, 5) is 0. The third-order valence-electron chi connectivity index (χ3n) is 2.79. The maximum Gasteiger partial charge on any atom is 0.0610 e. The summed E-state index contributed by atoms with van der Waals surface area (Å²) in [6, 6.07) is 0. The maximum atomic E-state index is 8.93. The molecule has 1 aromatic heterocycles. The van der Waals surface area contributed by atoms with E-state index in [9.17, 15) is 0 Å². The highest BCUT2D eigenvalue weighted by molar-refractivity contribution is 5.31. The SMILES string of the molecule is CCCc1c(CC)cn(CCO)c1C. The molecular weight excluding hydrogens is 174 g/mol. The van der Waals surface area contributed by atoms with E-state index < -0.39 is 0 Å². The van der Waals surface area contributed by atoms with Gasteiger partial charge < -0.3 is 9.67 Å². The fourth-order valence-corrected chi connectivity index (χ4v) is 2.00. The van der Waals surface area contributed by atoms with E-state index >= 15 is 0 Å². The average molecular weight is 195 g/mol. The molecule has 1 aromatic rings. The smallest absolute Gasteiger partial charge is 0.0610 e. The van der Waals surface area contributed by atoms with E-state index in [4.69, 9.17) is 5.11 Å². The Hall–Kier alpha value is -0.760. The molecule has 0 atom stereocenters. The van der Waals surface area contributed by atoms with Gasteiger partial charge in [0, 0.05) is 18.4 Å². The van der Waals surface area contributed by atoms with E-state index in [0.29, 0.717) is 0 Å². The van der Waals surface area contributed by atoms with Crippen LogP contribution in [0.25, 0.3) is 0 Å². The normalized spacial score (nSPS) is 10.9. The Labute approximate surface area is 86.6 Å². The second kappa shape index (κ2) is 5.20. The molecule has 0 aliphatic carbocycles. The van der Waals surface area contributed by atoms with E-state index in [-0.39, 0.29) is 6.61 Å². The number of aliphatic hydroxyl groups is 1. The van der Waals surface area contributed by atoms with Crippen molar-refractivity contribution in [3.63, 3.8) is 0 Å². The second-order valence-electron chi connectivity index (χ2n) is 3.74. The van der Waals surface area contributed by atoms with Crippen molar-refractivity contribution in [2.24, 2.45) is 0 Å². The van der Waals surface area contributed by atoms with Crippen molar-refractivity contribution in [3.05, 3.63) is 23.0 Å². The van der Waals surface area contributed by atoms with Gasteiger partial charge in [-0.3, -0.25) is 0 Å². The standard InChI is InChI=1S/C12H21NO/c1-4-6-12-10(3)13(7-8-14)9-11(12)5-2/h9,14H,4-8H2,1-3H3. The first-order valence-electron chi connectivity index (χ1n) is 5.52. The van der Waals surface area contributed by atoms with Crippen molar-refractivity contribution in [2.45, 2.75) is 46.6 Å². The fourth-order valence-electron chi connectivity index (χ4n) is 2.00. The van der Waals surface area contributed by atoms with Gasteiger partial charge in [-0.1, -0.05) is 20.3 Å². The summed E-state index contributed by atoms with van der Waals surface area (Å²) in [6.07, 6.45) is 5.63. The van der Waals surface area contributed by atoms with Crippen molar-refractivity contribution < 1.29 is 5.11 Å². The molecular formula is C12H21NO. The summed E-state index contributed by atoms with van der Waals surface area (Å²) < 4.78 is 2.17. The first kappa shape index (κ1) is 11.3. The number of aliphatic hydroxyl groups excluding tert-OH is 1. The number of nitrogens with zero attached hydrogens (tertiary/aromatic N) is 1. The van der Waals surface area contributed by atoms with Crippen molar-refractivity contribution in [3.8, 4) is 0 Å². The largest absolute Gasteiger partial charge is 0.395 e. The number of rotatable bonds is 5. The average Bonchev–Trinajstić information content (AvgIpc) is 2.47. The second-order valence-corrected chi connectivity index (χ2v) is 3.74. The number of hydrogen-bond donors (Lipinski definition) is 1. The van der Waals surface area contributed by atoms with Gasteiger partial charge in [-0.2, -0.15) is 0 Å². The Balaban J connectivity index is 2.98. The van der Waals surface area contributed by atoms with Crippen LogP contribution in [0.3, 0.4) is 0 Å². The number of aromatic nitrogens is 1. The van der Waals surface area contributed by atoms with E-state index in [1.807, 2.05) is 0 Å². The van der Waals surface area contributed by atoms with Gasteiger partial charge >= 0.3 is 0 Å². The van der Waals surface area contributed by atoms with Crippen LogP contribution in [-0.4, -0.2) is 16.3 Å². The van der Waals surface area contributed by atoms with Gasteiger partial charge in [0.25, 0.3) is 0 Å². The molecule has 0 saturated carbocycles. The van der Waals surface area contributed by atoms with Gasteiger partial charge in [0.15, 0.2) is 0 Å². The molecule has 0 unspecified atom stereocenters. The summed E-state index contributed by atoms with van der Waals surface area (Å²) in [7, 11) is 0. The van der Waals surface area contributed by atoms with Gasteiger partial charge in [0.05, 0.1) is 6.61 Å². The van der Waals surface area contributed by atoms with Crippen LogP contribution in [0.15, 0.2) is 6.20 Å². The summed E-state index contributed by atoms with van der Waals surface area (Å²) in [5, 5.41) is 8.93. The monoisotopic (exact) mass is 195 g/mol. The lowest BCUT2D eigenvalue weighted by Gasteiger charge is -2.04. The van der Waals surface area contributed by atoms with Crippen LogP contribution in [0.1, 0.15) is 37.1 Å². The Morgan fingerprint density at radius 1 is 1.36 bits per heavy atom. The molecule has 0 saturated heterocycles. The molecule has 0 aromatic carbocycles. The predicted octanol–water partition coefficient (Wildman–Crippen LogP) is 2.30. The lowest BCUT2D eigenvalue weighted by molar-refractivity contribution is 0.275. The molecule has 2 nitrogen and oxygen atoms in total. The highest BCUT2D eigenvalue weighted by Crippen LogP contribution is 2.19. The molecule has 0 amide bonds. The van der Waals surface area contributed by atoms with Crippen molar-refractivity contribution in [1.29, 1.82) is 0 Å². The molecule has 0 spiro atoms. The van der Waals surface area contributed by atoms with Crippen LogP contribution >= 0.6 is 0 Å². The summed E-state index contributed by atoms with van der Waals surface area (Å²) in [6.45, 7) is 7.51. The highest BCUT2D eigenvalue weighted by Gasteiger charge is 2.09. The van der Waals surface area contributed by atoms with Gasteiger partial charge in [-0.15, -0.1) is 0 Å². The van der Waals surface area contributed by atoms with Crippen molar-refractivity contribution in [2.75, 3.05) is 6.61 Å². The first-order chi connectivity index (χ1) is 6.74. The minimum atomic E-state index is 0.226. The van der Waals surface area contributed by atoms with Crippen LogP contribution in [0.5, 0.6) is 0 Å². The lowest BCUT2D eigenvalue weighted by atomic mass is 10.0. The molecule has 1 heterocycles. The zero-order valence-electron chi connectivity index (χ0n) is 9.51. The fraction of sp³-hybridized carbons (Fsp3) is 0.667. The van der Waals surface area contributed by atoms with Crippen LogP contribution in [0.2, 0.25) is 0 Å². The summed E-state index contributed by atoms with van der Waals surface area (Å²) in [5.41, 5.74) is 4.26. The third-order valence-corrected chi connectivity index (χ3v) is 2.79. The maximum absolute atomic E-state index is 8.93. The molecule has 14 heavy (non-hydrogen) atoms. The molecule has 0 fully saturated rings. The summed E-state index contributed by atoms with van der Waals surface area (Å²) >= 11 is 0. The first-order valence-corrected chi connectivity index (χ1v) is 5.52. The quantitative estimate of drug-likeness (QED) is 0.766. The number of hydrogen-bond acceptors (Lipinski definition) is 1. The molecule has 0 aliphatic rings. The topological polar surface area (TPSA) is 25.2 Å². The highest BCUT2D eigenvalue weighted by atomic mass is 16.3. The third kappa shape index (κ3) is 2.18. The van der Waals surface area contributed by atoms with E-state index in [0.717, 1.165) is 19.4 Å². The predicted molar refractivity (Wildman–Crippen MR) is 59.6 cm³/mol. The molecule has 0 bridgehead atoms. The molecule has 1 rings (SSSR count). The minimum absolute atomic E-state index is 0.226. The van der Waals surface area contributed by atoms with Gasteiger partial charge in [-0.25, -0.2) is 0 Å². The summed E-state index contributed by atoms with van der Waals surface area (Å²) in [5.74, 6) is 0. The van der Waals surface area contributed by atoms with E-state index in [2.05, 4.69) is 31.5 Å². The number of aryl methyl sites for hydroxylation is 1. The molecule has 80 valence electrons. The van der Waals surface area contributed by atoms with Crippen LogP contribution in [0.4, 0.5) is 0 Å². The van der Waals surface area contributed by atoms with E-state index in [1.54, 1.807) is 0 Å². The zero-order valence-corrected chi connectivity index (χ0v) is 9.51.